The van der Waals surface area contributed by atoms with Gasteiger partial charge in [0.15, 0.2) is 0 Å². The number of carboxylic acids is 1. The normalized spacial score (nSPS) is 11.7. The molecule has 0 aliphatic rings. The van der Waals surface area contributed by atoms with E-state index in [1.165, 1.54) is 4.90 Å². The largest absolute Gasteiger partial charge is 0.480 e. The van der Waals surface area contributed by atoms with E-state index in [0.717, 1.165) is 0 Å². The van der Waals surface area contributed by atoms with Gasteiger partial charge in [-0.25, -0.2) is 9.59 Å². The van der Waals surface area contributed by atoms with Gasteiger partial charge in [-0.1, -0.05) is 18.2 Å². The molecule has 0 aliphatic carbocycles. The quantitative estimate of drug-likeness (QED) is 0.837. The highest BCUT2D eigenvalue weighted by atomic mass is 32.2. The summed E-state index contributed by atoms with van der Waals surface area (Å²) in [6.45, 7) is 0. The number of aliphatic carboxylic acids is 1. The van der Waals surface area contributed by atoms with Gasteiger partial charge in [0.2, 0.25) is 0 Å². The van der Waals surface area contributed by atoms with E-state index in [1.54, 1.807) is 30.9 Å². The third kappa shape index (κ3) is 4.82. The van der Waals surface area contributed by atoms with Crippen LogP contribution >= 0.6 is 11.8 Å². The van der Waals surface area contributed by atoms with Gasteiger partial charge in [-0.2, -0.15) is 11.8 Å². The first-order valence-corrected chi connectivity index (χ1v) is 7.26. The van der Waals surface area contributed by atoms with Gasteiger partial charge in [-0.05, 0) is 30.6 Å². The lowest BCUT2D eigenvalue weighted by atomic mass is 10.2. The summed E-state index contributed by atoms with van der Waals surface area (Å²) < 4.78 is 0. The highest BCUT2D eigenvalue weighted by Crippen LogP contribution is 2.11. The van der Waals surface area contributed by atoms with Crippen LogP contribution in [0.3, 0.4) is 0 Å². The molecule has 1 aromatic rings. The number of amides is 2. The fourth-order valence-electron chi connectivity index (χ4n) is 1.51. The zero-order valence-corrected chi connectivity index (χ0v) is 11.8. The number of hydrogen-bond donors (Lipinski definition) is 2. The van der Waals surface area contributed by atoms with E-state index >= 15 is 0 Å². The maximum Gasteiger partial charge on any atom is 0.326 e. The van der Waals surface area contributed by atoms with Crippen LogP contribution < -0.4 is 10.2 Å². The summed E-state index contributed by atoms with van der Waals surface area (Å²) in [6.07, 6.45) is 2.31. The molecular weight excluding hydrogens is 264 g/mol. The second-order valence-corrected chi connectivity index (χ2v) is 5.00. The molecule has 0 unspecified atom stereocenters. The summed E-state index contributed by atoms with van der Waals surface area (Å²) in [7, 11) is 1.61. The zero-order valence-electron chi connectivity index (χ0n) is 11.0. The van der Waals surface area contributed by atoms with Crippen LogP contribution in [0.5, 0.6) is 0 Å². The van der Waals surface area contributed by atoms with Crippen LogP contribution in [0.1, 0.15) is 6.42 Å². The third-order valence-electron chi connectivity index (χ3n) is 2.65. The molecule has 0 saturated heterocycles. The van der Waals surface area contributed by atoms with Crippen molar-refractivity contribution in [3.63, 3.8) is 0 Å². The molecule has 104 valence electrons. The lowest BCUT2D eigenvalue weighted by molar-refractivity contribution is -0.139. The highest BCUT2D eigenvalue weighted by molar-refractivity contribution is 7.98. The van der Waals surface area contributed by atoms with Crippen LogP contribution in [0.15, 0.2) is 30.3 Å². The Bertz CT molecular complexity index is 425. The maximum atomic E-state index is 12.0. The number of para-hydroxylation sites is 1. The van der Waals surface area contributed by atoms with Crippen LogP contribution in [0.25, 0.3) is 0 Å². The molecule has 0 fully saturated rings. The molecule has 6 heteroatoms. The van der Waals surface area contributed by atoms with E-state index in [9.17, 15) is 9.59 Å². The van der Waals surface area contributed by atoms with E-state index in [2.05, 4.69) is 5.32 Å². The minimum absolute atomic E-state index is 0.408. The van der Waals surface area contributed by atoms with Gasteiger partial charge < -0.3 is 10.4 Å². The third-order valence-corrected chi connectivity index (χ3v) is 3.30. The van der Waals surface area contributed by atoms with Crippen LogP contribution in [0.4, 0.5) is 10.5 Å². The average molecular weight is 282 g/mol. The highest BCUT2D eigenvalue weighted by Gasteiger charge is 2.21. The minimum Gasteiger partial charge on any atom is -0.480 e. The fourth-order valence-corrected chi connectivity index (χ4v) is 1.98. The predicted molar refractivity (Wildman–Crippen MR) is 77.8 cm³/mol. The number of urea groups is 1. The summed E-state index contributed by atoms with van der Waals surface area (Å²) >= 11 is 1.55. The van der Waals surface area contributed by atoms with Crippen molar-refractivity contribution in [2.24, 2.45) is 0 Å². The second kappa shape index (κ2) is 7.68. The lowest BCUT2D eigenvalue weighted by Crippen LogP contribution is -2.47. The number of nitrogens with one attached hydrogen (secondary N) is 1. The number of benzene rings is 1. The Morgan fingerprint density at radius 3 is 2.53 bits per heavy atom. The van der Waals surface area contributed by atoms with Crippen molar-refractivity contribution in [2.45, 2.75) is 12.5 Å². The second-order valence-electron chi connectivity index (χ2n) is 4.02. The molecule has 5 nitrogen and oxygen atoms in total. The molecular formula is C13H18N2O3S. The molecule has 0 heterocycles. The van der Waals surface area contributed by atoms with Gasteiger partial charge in [-0.3, -0.25) is 4.90 Å². The zero-order chi connectivity index (χ0) is 14.3. The Labute approximate surface area is 117 Å². The van der Waals surface area contributed by atoms with Crippen molar-refractivity contribution in [3.8, 4) is 0 Å². The van der Waals surface area contributed by atoms with Crippen molar-refractivity contribution in [2.75, 3.05) is 24.0 Å². The van der Waals surface area contributed by atoms with E-state index in [4.69, 9.17) is 5.11 Å². The molecule has 1 atom stereocenters. The minimum atomic E-state index is -1.01. The lowest BCUT2D eigenvalue weighted by Gasteiger charge is -2.21. The maximum absolute atomic E-state index is 12.0. The van der Waals surface area contributed by atoms with Crippen molar-refractivity contribution >= 4 is 29.4 Å². The Balaban J connectivity index is 2.64. The fraction of sp³-hybridized carbons (Fsp3) is 0.385. The molecule has 0 aromatic heterocycles. The first kappa shape index (κ1) is 15.4. The number of carbonyl (C=O) groups excluding carboxylic acids is 1. The van der Waals surface area contributed by atoms with Gasteiger partial charge >= 0.3 is 12.0 Å². The van der Waals surface area contributed by atoms with Crippen LogP contribution in [-0.4, -0.2) is 42.2 Å². The molecule has 0 aliphatic heterocycles. The van der Waals surface area contributed by atoms with Crippen molar-refractivity contribution in [1.82, 2.24) is 5.32 Å². The summed E-state index contributed by atoms with van der Waals surface area (Å²) in [4.78, 5) is 24.4. The monoisotopic (exact) mass is 282 g/mol. The molecule has 0 spiro atoms. The smallest absolute Gasteiger partial charge is 0.326 e. The van der Waals surface area contributed by atoms with Crippen LogP contribution in [-0.2, 0) is 4.79 Å². The van der Waals surface area contributed by atoms with Gasteiger partial charge in [0.25, 0.3) is 0 Å². The Morgan fingerprint density at radius 2 is 2.00 bits per heavy atom. The van der Waals surface area contributed by atoms with Gasteiger partial charge in [0, 0.05) is 12.7 Å². The summed E-state index contributed by atoms with van der Waals surface area (Å²) in [6, 6.07) is 7.80. The Kier molecular flexibility index (Phi) is 6.21. The van der Waals surface area contributed by atoms with E-state index in [-0.39, 0.29) is 0 Å². The van der Waals surface area contributed by atoms with Gasteiger partial charge in [0.05, 0.1) is 0 Å². The first-order valence-electron chi connectivity index (χ1n) is 5.87. The molecule has 0 bridgehead atoms. The van der Waals surface area contributed by atoms with Gasteiger partial charge in [0.1, 0.15) is 6.04 Å². The average Bonchev–Trinajstić information content (AvgIpc) is 2.43. The number of thioether (sulfide) groups is 1. The molecule has 1 aromatic carbocycles. The molecule has 0 radical (unpaired) electrons. The first-order chi connectivity index (χ1) is 9.06. The Hall–Kier alpha value is -1.69. The number of carboxylic acid groups (broad SMARTS) is 1. The topological polar surface area (TPSA) is 69.6 Å². The SMILES string of the molecule is CSCC[C@H](NC(=O)N(C)c1ccccc1)C(=O)O. The molecule has 19 heavy (non-hydrogen) atoms. The number of carbonyl (C=O) groups is 2. The Morgan fingerprint density at radius 1 is 1.37 bits per heavy atom. The van der Waals surface area contributed by atoms with E-state index in [0.29, 0.717) is 17.9 Å². The standard InChI is InChI=1S/C13H18N2O3S/c1-15(10-6-4-3-5-7-10)13(18)14-11(12(16)17)8-9-19-2/h3-7,11H,8-9H2,1-2H3,(H,14,18)(H,16,17)/t11-/m0/s1. The molecule has 1 rings (SSSR count). The van der Waals surface area contributed by atoms with Crippen molar-refractivity contribution < 1.29 is 14.7 Å². The van der Waals surface area contributed by atoms with E-state index < -0.39 is 18.0 Å². The molecule has 0 saturated carbocycles. The number of hydrogen-bond acceptors (Lipinski definition) is 3. The summed E-state index contributed by atoms with van der Waals surface area (Å²) in [5.74, 6) is -0.324. The van der Waals surface area contributed by atoms with Crippen LogP contribution in [0, 0.1) is 0 Å². The van der Waals surface area contributed by atoms with Crippen LogP contribution in [0.2, 0.25) is 0 Å². The summed E-state index contributed by atoms with van der Waals surface area (Å²) in [5, 5.41) is 11.6. The predicted octanol–water partition coefficient (Wildman–Crippen LogP) is 2.04. The molecule has 2 N–H and O–H groups in total. The number of anilines is 1. The number of rotatable bonds is 6. The van der Waals surface area contributed by atoms with Crippen molar-refractivity contribution in [3.05, 3.63) is 30.3 Å². The summed E-state index contributed by atoms with van der Waals surface area (Å²) in [5.41, 5.74) is 0.717. The van der Waals surface area contributed by atoms with Crippen molar-refractivity contribution in [1.29, 1.82) is 0 Å². The molecule has 2 amide bonds. The number of nitrogens with zero attached hydrogens (tertiary/aromatic N) is 1. The van der Waals surface area contributed by atoms with Gasteiger partial charge in [-0.15, -0.1) is 0 Å². The van der Waals surface area contributed by atoms with E-state index in [1.807, 2.05) is 24.5 Å².